The second-order valence-corrected chi connectivity index (χ2v) is 7.97. The van der Waals surface area contributed by atoms with Gasteiger partial charge in [0.1, 0.15) is 0 Å². The molecule has 2 N–H and O–H groups in total. The number of rotatable bonds is 6. The smallest absolute Gasteiger partial charge is 0.315 e. The zero-order valence-corrected chi connectivity index (χ0v) is 15.1. The molecule has 2 rings (SSSR count). The molecule has 1 aliphatic rings. The molecule has 0 aromatic heterocycles. The Balaban J connectivity index is 1.78. The number of carbonyl (C=O) groups is 1. The monoisotopic (exact) mass is 375 g/mol. The van der Waals surface area contributed by atoms with Crippen LogP contribution in [-0.2, 0) is 14.8 Å². The molecule has 1 aliphatic heterocycles. The van der Waals surface area contributed by atoms with Crippen LogP contribution in [0.25, 0.3) is 0 Å². The van der Waals surface area contributed by atoms with E-state index in [0.29, 0.717) is 31.3 Å². The summed E-state index contributed by atoms with van der Waals surface area (Å²) in [6.07, 6.45) is 0. The van der Waals surface area contributed by atoms with Crippen molar-refractivity contribution in [2.75, 3.05) is 38.6 Å². The Bertz CT molecular complexity index is 662. The number of carbonyl (C=O) groups excluding carboxylic acids is 1. The summed E-state index contributed by atoms with van der Waals surface area (Å²) in [5.74, 6) is -0.138. The summed E-state index contributed by atoms with van der Waals surface area (Å²) >= 11 is 6.09. The molecular weight excluding hydrogens is 354 g/mol. The predicted molar refractivity (Wildman–Crippen MR) is 92.6 cm³/mol. The van der Waals surface area contributed by atoms with Crippen LogP contribution in [0.1, 0.15) is 18.5 Å². The quantitative estimate of drug-likeness (QED) is 0.785. The van der Waals surface area contributed by atoms with Crippen molar-refractivity contribution >= 4 is 27.7 Å². The third-order valence-corrected chi connectivity index (χ3v) is 5.94. The summed E-state index contributed by atoms with van der Waals surface area (Å²) < 4.78 is 30.8. The first-order chi connectivity index (χ1) is 11.4. The van der Waals surface area contributed by atoms with Crippen molar-refractivity contribution in [2.45, 2.75) is 13.0 Å². The van der Waals surface area contributed by atoms with Gasteiger partial charge in [-0.05, 0) is 18.6 Å². The summed E-state index contributed by atoms with van der Waals surface area (Å²) in [6.45, 7) is 3.38. The highest BCUT2D eigenvalue weighted by atomic mass is 35.5. The number of halogens is 1. The van der Waals surface area contributed by atoms with Crippen molar-refractivity contribution in [3.8, 4) is 0 Å². The standard InChI is InChI=1S/C15H22ClN3O4S/c1-12(13-4-2-3-5-14(13)16)18-15(20)17-6-11-24(21,22)19-7-9-23-10-8-19/h2-5,12H,6-11H2,1H3,(H2,17,18,20). The number of nitrogens with one attached hydrogen (secondary N) is 2. The van der Waals surface area contributed by atoms with Crippen LogP contribution in [0.5, 0.6) is 0 Å². The molecule has 1 aromatic rings. The molecule has 134 valence electrons. The van der Waals surface area contributed by atoms with Crippen molar-refractivity contribution in [2.24, 2.45) is 0 Å². The molecule has 7 nitrogen and oxygen atoms in total. The van der Waals surface area contributed by atoms with Gasteiger partial charge < -0.3 is 15.4 Å². The van der Waals surface area contributed by atoms with Crippen LogP contribution >= 0.6 is 11.6 Å². The van der Waals surface area contributed by atoms with Crippen LogP contribution in [0, 0.1) is 0 Å². The summed E-state index contributed by atoms with van der Waals surface area (Å²) in [5.41, 5.74) is 0.801. The third kappa shape index (κ3) is 5.34. The van der Waals surface area contributed by atoms with Gasteiger partial charge in [-0.1, -0.05) is 29.8 Å². The first-order valence-electron chi connectivity index (χ1n) is 7.74. The Morgan fingerprint density at radius 1 is 1.33 bits per heavy atom. The topological polar surface area (TPSA) is 87.7 Å². The van der Waals surface area contributed by atoms with Crippen LogP contribution in [0.2, 0.25) is 5.02 Å². The summed E-state index contributed by atoms with van der Waals surface area (Å²) in [5, 5.41) is 5.88. The molecule has 9 heteroatoms. The van der Waals surface area contributed by atoms with Gasteiger partial charge >= 0.3 is 6.03 Å². The van der Waals surface area contributed by atoms with Crippen molar-refractivity contribution in [3.63, 3.8) is 0 Å². The minimum Gasteiger partial charge on any atom is -0.379 e. The molecule has 0 radical (unpaired) electrons. The molecule has 0 spiro atoms. The fourth-order valence-corrected chi connectivity index (χ4v) is 4.02. The van der Waals surface area contributed by atoms with E-state index < -0.39 is 16.1 Å². The van der Waals surface area contributed by atoms with Gasteiger partial charge in [-0.15, -0.1) is 0 Å². The van der Waals surface area contributed by atoms with Gasteiger partial charge in [-0.3, -0.25) is 0 Å². The number of ether oxygens (including phenoxy) is 1. The number of morpholine rings is 1. The van der Waals surface area contributed by atoms with E-state index in [1.54, 1.807) is 6.07 Å². The van der Waals surface area contributed by atoms with Crippen molar-refractivity contribution in [1.82, 2.24) is 14.9 Å². The summed E-state index contributed by atoms with van der Waals surface area (Å²) in [7, 11) is -3.38. The maximum atomic E-state index is 12.1. The first-order valence-corrected chi connectivity index (χ1v) is 9.73. The Morgan fingerprint density at radius 3 is 2.67 bits per heavy atom. The molecule has 24 heavy (non-hydrogen) atoms. The highest BCUT2D eigenvalue weighted by molar-refractivity contribution is 7.89. The lowest BCUT2D eigenvalue weighted by atomic mass is 10.1. The van der Waals surface area contributed by atoms with E-state index in [-0.39, 0.29) is 18.3 Å². The highest BCUT2D eigenvalue weighted by Gasteiger charge is 2.24. The average Bonchev–Trinajstić information content (AvgIpc) is 2.55. The van der Waals surface area contributed by atoms with Crippen LogP contribution in [-0.4, -0.2) is 57.4 Å². The maximum Gasteiger partial charge on any atom is 0.315 e. The van der Waals surface area contributed by atoms with E-state index in [9.17, 15) is 13.2 Å². The number of benzene rings is 1. The maximum absolute atomic E-state index is 12.1. The van der Waals surface area contributed by atoms with E-state index in [1.165, 1.54) is 4.31 Å². The van der Waals surface area contributed by atoms with Gasteiger partial charge in [0.2, 0.25) is 10.0 Å². The van der Waals surface area contributed by atoms with Crippen LogP contribution in [0.3, 0.4) is 0 Å². The van der Waals surface area contributed by atoms with Gasteiger partial charge in [0.05, 0.1) is 25.0 Å². The third-order valence-electron chi connectivity index (χ3n) is 3.73. The lowest BCUT2D eigenvalue weighted by Crippen LogP contribution is -2.45. The Labute approximate surface area is 147 Å². The lowest BCUT2D eigenvalue weighted by molar-refractivity contribution is 0.0730. The predicted octanol–water partition coefficient (Wildman–Crippen LogP) is 1.36. The van der Waals surface area contributed by atoms with Crippen molar-refractivity contribution in [1.29, 1.82) is 0 Å². The molecule has 2 amide bonds. The number of hydrogen-bond acceptors (Lipinski definition) is 4. The fourth-order valence-electron chi connectivity index (χ4n) is 2.40. The van der Waals surface area contributed by atoms with Gasteiger partial charge in [0, 0.05) is 24.7 Å². The van der Waals surface area contributed by atoms with Crippen molar-refractivity contribution in [3.05, 3.63) is 34.9 Å². The molecule has 1 fully saturated rings. The second kappa shape index (κ2) is 8.66. The molecule has 0 aliphatic carbocycles. The number of nitrogens with zero attached hydrogens (tertiary/aromatic N) is 1. The number of amides is 2. The Hall–Kier alpha value is -1.35. The fraction of sp³-hybridized carbons (Fsp3) is 0.533. The Morgan fingerprint density at radius 2 is 2.00 bits per heavy atom. The second-order valence-electron chi connectivity index (χ2n) is 5.47. The normalized spacial score (nSPS) is 17.2. The largest absolute Gasteiger partial charge is 0.379 e. The zero-order valence-electron chi connectivity index (χ0n) is 13.5. The molecular formula is C15H22ClN3O4S. The van der Waals surface area contributed by atoms with Gasteiger partial charge in [0.25, 0.3) is 0 Å². The molecule has 1 unspecified atom stereocenters. The lowest BCUT2D eigenvalue weighted by Gasteiger charge is -2.26. The van der Waals surface area contributed by atoms with Crippen LogP contribution in [0.15, 0.2) is 24.3 Å². The first kappa shape index (κ1) is 19.0. The van der Waals surface area contributed by atoms with Crippen LogP contribution < -0.4 is 10.6 Å². The van der Waals surface area contributed by atoms with Gasteiger partial charge in [-0.25, -0.2) is 13.2 Å². The molecule has 1 saturated heterocycles. The van der Waals surface area contributed by atoms with E-state index >= 15 is 0 Å². The van der Waals surface area contributed by atoms with E-state index in [0.717, 1.165) is 5.56 Å². The molecule has 0 saturated carbocycles. The highest BCUT2D eigenvalue weighted by Crippen LogP contribution is 2.21. The SMILES string of the molecule is CC(NC(=O)NCCS(=O)(=O)N1CCOCC1)c1ccccc1Cl. The van der Waals surface area contributed by atoms with Gasteiger partial charge in [-0.2, -0.15) is 4.31 Å². The molecule has 1 atom stereocenters. The minimum absolute atomic E-state index is 0.0424. The molecule has 1 heterocycles. The average molecular weight is 376 g/mol. The summed E-state index contributed by atoms with van der Waals surface area (Å²) in [4.78, 5) is 11.9. The van der Waals surface area contributed by atoms with Crippen molar-refractivity contribution < 1.29 is 17.9 Å². The number of sulfonamides is 1. The Kier molecular flexibility index (Phi) is 6.85. The number of hydrogen-bond donors (Lipinski definition) is 2. The molecule has 0 bridgehead atoms. The number of urea groups is 1. The van der Waals surface area contributed by atoms with Crippen LogP contribution in [0.4, 0.5) is 4.79 Å². The van der Waals surface area contributed by atoms with E-state index in [2.05, 4.69) is 10.6 Å². The van der Waals surface area contributed by atoms with E-state index in [4.69, 9.17) is 16.3 Å². The zero-order chi connectivity index (χ0) is 17.6. The molecule has 1 aromatic carbocycles. The summed E-state index contributed by atoms with van der Waals surface area (Å²) in [6, 6.07) is 6.52. The minimum atomic E-state index is -3.38. The van der Waals surface area contributed by atoms with Gasteiger partial charge in [0.15, 0.2) is 0 Å². The van der Waals surface area contributed by atoms with E-state index in [1.807, 2.05) is 25.1 Å².